The average Bonchev–Trinajstić information content (AvgIpc) is 2.69. The predicted octanol–water partition coefficient (Wildman–Crippen LogP) is 3.72. The van der Waals surface area contributed by atoms with Crippen molar-refractivity contribution >= 4 is 11.3 Å². The first-order valence-corrected chi connectivity index (χ1v) is 6.00. The van der Waals surface area contributed by atoms with E-state index in [2.05, 4.69) is 0 Å². The zero-order chi connectivity index (χ0) is 12.6. The van der Waals surface area contributed by atoms with Gasteiger partial charge in [0.05, 0.1) is 0 Å². The van der Waals surface area contributed by atoms with Crippen molar-refractivity contribution < 1.29 is 13.9 Å². The molecule has 1 nitrogen and oxygen atoms in total. The van der Waals surface area contributed by atoms with Gasteiger partial charge in [-0.3, -0.25) is 0 Å². The van der Waals surface area contributed by atoms with E-state index in [0.717, 1.165) is 17.0 Å². The minimum absolute atomic E-state index is 0.0186. The van der Waals surface area contributed by atoms with Crippen molar-refractivity contribution in [2.75, 3.05) is 0 Å². The molecular weight excluding hydrogens is 242 g/mol. The van der Waals surface area contributed by atoms with Crippen molar-refractivity contribution in [1.29, 1.82) is 0 Å². The molecule has 90 valence electrons. The van der Waals surface area contributed by atoms with Gasteiger partial charge in [0.25, 0.3) is 0 Å². The fourth-order valence-corrected chi connectivity index (χ4v) is 2.51. The van der Waals surface area contributed by atoms with Crippen molar-refractivity contribution in [2.24, 2.45) is 0 Å². The Morgan fingerprint density at radius 1 is 1.12 bits per heavy atom. The number of rotatable bonds is 2. The van der Waals surface area contributed by atoms with Crippen molar-refractivity contribution in [2.45, 2.75) is 20.0 Å². The molecule has 0 saturated heterocycles. The summed E-state index contributed by atoms with van der Waals surface area (Å²) >= 11 is 1.37. The monoisotopic (exact) mass is 254 g/mol. The molecule has 0 fully saturated rings. The van der Waals surface area contributed by atoms with Crippen LogP contribution in [0, 0.1) is 25.5 Å². The Kier molecular flexibility index (Phi) is 3.26. The summed E-state index contributed by atoms with van der Waals surface area (Å²) in [5.74, 6) is -1.09. The van der Waals surface area contributed by atoms with Crippen LogP contribution in [0.25, 0.3) is 0 Å². The lowest BCUT2D eigenvalue weighted by Crippen LogP contribution is -2.02. The molecular formula is C13H12F2OS. The van der Waals surface area contributed by atoms with E-state index >= 15 is 0 Å². The largest absolute Gasteiger partial charge is 0.383 e. The highest BCUT2D eigenvalue weighted by Gasteiger charge is 2.18. The van der Waals surface area contributed by atoms with Crippen molar-refractivity contribution in [1.82, 2.24) is 0 Å². The van der Waals surface area contributed by atoms with Crippen LogP contribution in [0.1, 0.15) is 27.0 Å². The number of benzene rings is 1. The molecule has 1 unspecified atom stereocenters. The second-order valence-corrected chi connectivity index (χ2v) is 5.29. The molecule has 0 saturated carbocycles. The van der Waals surface area contributed by atoms with Crippen LogP contribution in [-0.2, 0) is 0 Å². The van der Waals surface area contributed by atoms with E-state index in [4.69, 9.17) is 0 Å². The molecule has 0 aliphatic carbocycles. The summed E-state index contributed by atoms with van der Waals surface area (Å²) in [5.41, 5.74) is 0.218. The van der Waals surface area contributed by atoms with Gasteiger partial charge in [0.15, 0.2) is 0 Å². The summed E-state index contributed by atoms with van der Waals surface area (Å²) in [6.45, 7) is 3.39. The second-order valence-electron chi connectivity index (χ2n) is 3.97. The van der Waals surface area contributed by atoms with Crippen LogP contribution in [0.3, 0.4) is 0 Å². The summed E-state index contributed by atoms with van der Waals surface area (Å²) in [7, 11) is 0. The van der Waals surface area contributed by atoms with E-state index in [1.54, 1.807) is 6.07 Å². The zero-order valence-electron chi connectivity index (χ0n) is 9.50. The first kappa shape index (κ1) is 12.2. The quantitative estimate of drug-likeness (QED) is 0.866. The van der Waals surface area contributed by atoms with Crippen LogP contribution in [0.5, 0.6) is 0 Å². The topological polar surface area (TPSA) is 20.2 Å². The Morgan fingerprint density at radius 2 is 1.82 bits per heavy atom. The summed E-state index contributed by atoms with van der Waals surface area (Å²) in [6.07, 6.45) is -1.11. The number of thiophene rings is 1. The first-order valence-electron chi connectivity index (χ1n) is 5.19. The van der Waals surface area contributed by atoms with Gasteiger partial charge in [0.1, 0.15) is 17.7 Å². The van der Waals surface area contributed by atoms with E-state index in [-0.39, 0.29) is 11.1 Å². The molecule has 17 heavy (non-hydrogen) atoms. The summed E-state index contributed by atoms with van der Waals surface area (Å²) in [4.78, 5) is 1.64. The van der Waals surface area contributed by atoms with Crippen LogP contribution in [0.4, 0.5) is 8.78 Å². The Morgan fingerprint density at radius 3 is 2.41 bits per heavy atom. The maximum absolute atomic E-state index is 13.7. The molecule has 0 radical (unpaired) electrons. The van der Waals surface area contributed by atoms with Crippen molar-refractivity contribution in [3.63, 3.8) is 0 Å². The third-order valence-corrected chi connectivity index (χ3v) is 3.66. The standard InChI is InChI=1S/C13H12F2OS/c1-7-5-11(15)9(6-10(7)14)13(16)12-4-3-8(2)17-12/h3-6,13,16H,1-2H3. The smallest absolute Gasteiger partial charge is 0.129 e. The maximum Gasteiger partial charge on any atom is 0.129 e. The minimum Gasteiger partial charge on any atom is -0.383 e. The Bertz CT molecular complexity index is 548. The third kappa shape index (κ3) is 2.37. The molecule has 0 bridgehead atoms. The van der Waals surface area contributed by atoms with E-state index in [9.17, 15) is 13.9 Å². The van der Waals surface area contributed by atoms with Crippen LogP contribution in [0.15, 0.2) is 24.3 Å². The van der Waals surface area contributed by atoms with Crippen molar-refractivity contribution in [3.8, 4) is 0 Å². The lowest BCUT2D eigenvalue weighted by Gasteiger charge is -2.11. The van der Waals surface area contributed by atoms with Crippen molar-refractivity contribution in [3.05, 3.63) is 56.8 Å². The molecule has 4 heteroatoms. The Hall–Kier alpha value is -1.26. The fourth-order valence-electron chi connectivity index (χ4n) is 1.62. The van der Waals surface area contributed by atoms with Gasteiger partial charge in [0.2, 0.25) is 0 Å². The molecule has 0 aliphatic heterocycles. The van der Waals surface area contributed by atoms with E-state index in [0.29, 0.717) is 4.88 Å². The van der Waals surface area contributed by atoms with Crippen LogP contribution in [-0.4, -0.2) is 5.11 Å². The fraction of sp³-hybridized carbons (Fsp3) is 0.231. The molecule has 0 amide bonds. The van der Waals surface area contributed by atoms with E-state index in [1.165, 1.54) is 18.3 Å². The SMILES string of the molecule is Cc1ccc(C(O)c2cc(F)c(C)cc2F)s1. The number of aryl methyl sites for hydroxylation is 2. The van der Waals surface area contributed by atoms with Gasteiger partial charge < -0.3 is 5.11 Å². The van der Waals surface area contributed by atoms with Gasteiger partial charge in [-0.2, -0.15) is 0 Å². The van der Waals surface area contributed by atoms with Gasteiger partial charge in [-0.1, -0.05) is 0 Å². The normalized spacial score (nSPS) is 12.8. The molecule has 1 atom stereocenters. The number of hydrogen-bond donors (Lipinski definition) is 1. The summed E-state index contributed by atoms with van der Waals surface area (Å²) in [6, 6.07) is 5.73. The van der Waals surface area contributed by atoms with Gasteiger partial charge in [-0.15, -0.1) is 11.3 Å². The van der Waals surface area contributed by atoms with Gasteiger partial charge in [0, 0.05) is 15.3 Å². The Labute approximate surface area is 102 Å². The minimum atomic E-state index is -1.11. The predicted molar refractivity (Wildman–Crippen MR) is 64.2 cm³/mol. The van der Waals surface area contributed by atoms with Crippen LogP contribution >= 0.6 is 11.3 Å². The molecule has 1 aromatic carbocycles. The van der Waals surface area contributed by atoms with Gasteiger partial charge in [-0.05, 0) is 43.7 Å². The highest BCUT2D eigenvalue weighted by Crippen LogP contribution is 2.30. The van der Waals surface area contributed by atoms with E-state index < -0.39 is 17.7 Å². The van der Waals surface area contributed by atoms with Gasteiger partial charge in [-0.25, -0.2) is 8.78 Å². The van der Waals surface area contributed by atoms with Crippen LogP contribution in [0.2, 0.25) is 0 Å². The number of halogens is 2. The average molecular weight is 254 g/mol. The molecule has 2 rings (SSSR count). The highest BCUT2D eigenvalue weighted by molar-refractivity contribution is 7.12. The molecule has 0 spiro atoms. The number of aliphatic hydroxyl groups is 1. The Balaban J connectivity index is 2.43. The molecule has 2 aromatic rings. The summed E-state index contributed by atoms with van der Waals surface area (Å²) < 4.78 is 27.0. The number of hydrogen-bond acceptors (Lipinski definition) is 2. The molecule has 0 aliphatic rings. The first-order chi connectivity index (χ1) is 7.99. The zero-order valence-corrected chi connectivity index (χ0v) is 10.3. The lowest BCUT2D eigenvalue weighted by atomic mass is 10.0. The highest BCUT2D eigenvalue weighted by atomic mass is 32.1. The lowest BCUT2D eigenvalue weighted by molar-refractivity contribution is 0.218. The summed E-state index contributed by atoms with van der Waals surface area (Å²) in [5, 5.41) is 10.0. The molecule has 1 aromatic heterocycles. The number of aliphatic hydroxyl groups excluding tert-OH is 1. The maximum atomic E-state index is 13.7. The van der Waals surface area contributed by atoms with E-state index in [1.807, 2.05) is 13.0 Å². The second kappa shape index (κ2) is 4.55. The third-order valence-electron chi connectivity index (χ3n) is 2.60. The van der Waals surface area contributed by atoms with Crippen LogP contribution < -0.4 is 0 Å². The van der Waals surface area contributed by atoms with Gasteiger partial charge >= 0.3 is 0 Å². The molecule has 1 N–H and O–H groups in total. The molecule has 1 heterocycles.